The molecule has 0 aliphatic heterocycles. The molecule has 0 atom stereocenters. The van der Waals surface area contributed by atoms with Crippen LogP contribution in [0.15, 0.2) is 60.5 Å². The topological polar surface area (TPSA) is 50.2 Å². The van der Waals surface area contributed by atoms with E-state index in [-0.39, 0.29) is 31.6 Å². The SMILES string of the molecule is CC(=O)/C=C(/C)O.Cc1[c-]c(-c2cc3cc(-c4c(C)cccc4C)sc3cn2)cc(C)c1.[Ir]. The van der Waals surface area contributed by atoms with Gasteiger partial charge in [0.2, 0.25) is 0 Å². The maximum absolute atomic E-state index is 10.0. The molecule has 2 heterocycles. The van der Waals surface area contributed by atoms with E-state index in [4.69, 9.17) is 10.1 Å². The van der Waals surface area contributed by atoms with E-state index in [9.17, 15) is 4.79 Å². The monoisotopic (exact) mass is 635 g/mol. The van der Waals surface area contributed by atoms with Gasteiger partial charge in [0.15, 0.2) is 5.78 Å². The molecular weight excluding hydrogens is 607 g/mol. The number of thiophene rings is 1. The Morgan fingerprint density at radius 3 is 2.24 bits per heavy atom. The zero-order chi connectivity index (χ0) is 23.4. The van der Waals surface area contributed by atoms with E-state index in [0.29, 0.717) is 0 Å². The quantitative estimate of drug-likeness (QED) is 0.143. The number of nitrogens with zero attached hydrogens (tertiary/aromatic N) is 1. The van der Waals surface area contributed by atoms with E-state index in [1.807, 2.05) is 17.5 Å². The van der Waals surface area contributed by atoms with Gasteiger partial charge in [-0.3, -0.25) is 4.79 Å². The Morgan fingerprint density at radius 1 is 1.03 bits per heavy atom. The molecule has 2 aromatic carbocycles. The van der Waals surface area contributed by atoms with Crippen molar-refractivity contribution in [1.29, 1.82) is 0 Å². The van der Waals surface area contributed by atoms with Crippen LogP contribution in [0.2, 0.25) is 0 Å². The van der Waals surface area contributed by atoms with Crippen molar-refractivity contribution in [1.82, 2.24) is 4.98 Å². The van der Waals surface area contributed by atoms with Crippen LogP contribution in [0.4, 0.5) is 0 Å². The minimum Gasteiger partial charge on any atom is -0.512 e. The fourth-order valence-corrected chi connectivity index (χ4v) is 4.93. The summed E-state index contributed by atoms with van der Waals surface area (Å²) >= 11 is 1.82. The summed E-state index contributed by atoms with van der Waals surface area (Å²) in [5.74, 6) is -0.0625. The number of rotatable bonds is 3. The number of hydrogen-bond donors (Lipinski definition) is 1. The molecule has 1 N–H and O–H groups in total. The van der Waals surface area contributed by atoms with Gasteiger partial charge >= 0.3 is 0 Å². The summed E-state index contributed by atoms with van der Waals surface area (Å²) in [4.78, 5) is 16.0. The third kappa shape index (κ3) is 6.94. The normalized spacial score (nSPS) is 10.9. The van der Waals surface area contributed by atoms with Crippen LogP contribution in [0.1, 0.15) is 36.1 Å². The van der Waals surface area contributed by atoms with Gasteiger partial charge in [-0.25, -0.2) is 0 Å². The van der Waals surface area contributed by atoms with Crippen molar-refractivity contribution in [3.05, 3.63) is 88.8 Å². The number of aryl methyl sites for hydroxylation is 4. The summed E-state index contributed by atoms with van der Waals surface area (Å²) in [5.41, 5.74) is 8.45. The molecule has 1 radical (unpaired) electrons. The molecule has 0 fully saturated rings. The van der Waals surface area contributed by atoms with Gasteiger partial charge in [-0.05, 0) is 61.5 Å². The van der Waals surface area contributed by atoms with Crippen molar-refractivity contribution in [2.45, 2.75) is 41.5 Å². The van der Waals surface area contributed by atoms with E-state index in [0.717, 1.165) is 16.8 Å². The number of fused-ring (bicyclic) bond motifs is 1. The smallest absolute Gasteiger partial charge is 0.155 e. The van der Waals surface area contributed by atoms with E-state index in [1.54, 1.807) is 0 Å². The van der Waals surface area contributed by atoms with Crippen molar-refractivity contribution in [3.63, 3.8) is 0 Å². The molecule has 0 saturated heterocycles. The summed E-state index contributed by atoms with van der Waals surface area (Å²) < 4.78 is 1.23. The maximum Gasteiger partial charge on any atom is 0.155 e. The van der Waals surface area contributed by atoms with Crippen molar-refractivity contribution < 1.29 is 30.0 Å². The second-order valence-corrected chi connectivity index (χ2v) is 9.22. The summed E-state index contributed by atoms with van der Waals surface area (Å²) in [6.45, 7) is 11.4. The van der Waals surface area contributed by atoms with Crippen LogP contribution in [-0.4, -0.2) is 15.9 Å². The Bertz CT molecular complexity index is 1280. The van der Waals surface area contributed by atoms with Crippen molar-refractivity contribution in [2.75, 3.05) is 0 Å². The predicted molar refractivity (Wildman–Crippen MR) is 135 cm³/mol. The third-order valence-electron chi connectivity index (χ3n) is 4.97. The van der Waals surface area contributed by atoms with Crippen LogP contribution in [0.25, 0.3) is 31.8 Å². The van der Waals surface area contributed by atoms with Gasteiger partial charge in [-0.15, -0.1) is 46.2 Å². The Labute approximate surface area is 213 Å². The summed E-state index contributed by atoms with van der Waals surface area (Å²) in [6.07, 6.45) is 3.16. The Hall–Kier alpha value is -2.59. The number of carbonyl (C=O) groups is 1. The molecule has 0 saturated carbocycles. The fraction of sp³-hybridized carbons (Fsp3) is 0.214. The molecule has 0 bridgehead atoms. The number of aromatic nitrogens is 1. The van der Waals surface area contributed by atoms with Gasteiger partial charge in [-0.1, -0.05) is 38.1 Å². The minimum atomic E-state index is -0.125. The molecule has 0 unspecified atom stereocenters. The molecule has 2 aromatic heterocycles. The number of aliphatic hydroxyl groups excluding tert-OH is 1. The largest absolute Gasteiger partial charge is 0.512 e. The standard InChI is InChI=1S/C23H20NS.C5H8O2.Ir/c1-14-8-15(2)10-18(9-14)20-11-19-12-21(25-22(19)13-24-20)23-16(3)6-5-7-17(23)4;1-4(6)3-5(2)7;/h5-9,11-13H,1-4H3;3,6H,1-2H3;/q-1;;/b;4-3-;. The molecule has 0 aliphatic carbocycles. The predicted octanol–water partition coefficient (Wildman–Crippen LogP) is 7.70. The van der Waals surface area contributed by atoms with Crippen LogP contribution in [0, 0.1) is 33.8 Å². The van der Waals surface area contributed by atoms with E-state index < -0.39 is 0 Å². The van der Waals surface area contributed by atoms with E-state index in [1.165, 1.54) is 57.1 Å². The van der Waals surface area contributed by atoms with Crippen LogP contribution >= 0.6 is 11.3 Å². The van der Waals surface area contributed by atoms with Crippen LogP contribution < -0.4 is 0 Å². The molecule has 33 heavy (non-hydrogen) atoms. The second-order valence-electron chi connectivity index (χ2n) is 8.14. The van der Waals surface area contributed by atoms with Crippen molar-refractivity contribution >= 4 is 27.2 Å². The van der Waals surface area contributed by atoms with Gasteiger partial charge < -0.3 is 10.1 Å². The molecule has 4 aromatic rings. The Balaban J connectivity index is 0.000000423. The molecule has 0 spiro atoms. The molecule has 3 nitrogen and oxygen atoms in total. The van der Waals surface area contributed by atoms with Crippen LogP contribution in [-0.2, 0) is 24.9 Å². The number of pyridine rings is 1. The average molecular weight is 635 g/mol. The van der Waals surface area contributed by atoms with Crippen molar-refractivity contribution in [2.24, 2.45) is 0 Å². The Morgan fingerprint density at radius 2 is 1.70 bits per heavy atom. The minimum absolute atomic E-state index is 0. The molecule has 0 amide bonds. The fourth-order valence-electron chi connectivity index (χ4n) is 3.75. The van der Waals surface area contributed by atoms with Gasteiger partial charge in [0.1, 0.15) is 0 Å². The molecule has 173 valence electrons. The second kappa shape index (κ2) is 11.5. The first kappa shape index (κ1) is 26.7. The average Bonchev–Trinajstić information content (AvgIpc) is 3.09. The summed E-state index contributed by atoms with van der Waals surface area (Å²) in [7, 11) is 0. The molecule has 4 rings (SSSR count). The van der Waals surface area contributed by atoms with Crippen LogP contribution in [0.5, 0.6) is 0 Å². The van der Waals surface area contributed by atoms with Crippen LogP contribution in [0.3, 0.4) is 0 Å². The number of ketones is 1. The first-order valence-corrected chi connectivity index (χ1v) is 11.3. The number of aliphatic hydroxyl groups is 1. The van der Waals surface area contributed by atoms with E-state index in [2.05, 4.69) is 76.2 Å². The van der Waals surface area contributed by atoms with Gasteiger partial charge in [0, 0.05) is 37.3 Å². The van der Waals surface area contributed by atoms with Gasteiger partial charge in [0.25, 0.3) is 0 Å². The number of hydrogen-bond acceptors (Lipinski definition) is 4. The molecular formula is C28H28IrNO2S-. The maximum atomic E-state index is 10.0. The number of benzene rings is 2. The summed E-state index contributed by atoms with van der Waals surface area (Å²) in [5, 5.41) is 9.61. The van der Waals surface area contributed by atoms with E-state index >= 15 is 0 Å². The first-order valence-electron chi connectivity index (χ1n) is 10.5. The van der Waals surface area contributed by atoms with Gasteiger partial charge in [0.05, 0.1) is 10.5 Å². The van der Waals surface area contributed by atoms with Crippen molar-refractivity contribution in [3.8, 4) is 21.7 Å². The first-order chi connectivity index (χ1) is 15.1. The molecule has 5 heteroatoms. The summed E-state index contributed by atoms with van der Waals surface area (Å²) in [6, 6.07) is 18.7. The zero-order valence-corrected chi connectivity index (χ0v) is 23.0. The third-order valence-corrected chi connectivity index (χ3v) is 6.07. The van der Waals surface area contributed by atoms with Gasteiger partial charge in [-0.2, -0.15) is 0 Å². The number of allylic oxidation sites excluding steroid dienone is 2. The number of carbonyl (C=O) groups excluding carboxylic acids is 1. The Kier molecular flexibility index (Phi) is 9.30. The molecule has 0 aliphatic rings. The zero-order valence-electron chi connectivity index (χ0n) is 19.7.